The summed E-state index contributed by atoms with van der Waals surface area (Å²) >= 11 is 1.44. The molecule has 0 N–H and O–H groups in total. The molecule has 0 saturated heterocycles. The van der Waals surface area contributed by atoms with Gasteiger partial charge in [-0.25, -0.2) is 4.98 Å². The van der Waals surface area contributed by atoms with E-state index in [1.54, 1.807) is 0 Å². The molecular formula is C19H15F3N4OS. The lowest BCUT2D eigenvalue weighted by molar-refractivity contribution is -0.137. The molecule has 0 aliphatic carbocycles. The number of alkyl halides is 3. The van der Waals surface area contributed by atoms with E-state index >= 15 is 0 Å². The average Bonchev–Trinajstić information content (AvgIpc) is 3.28. The van der Waals surface area contributed by atoms with Crippen LogP contribution in [0.2, 0.25) is 0 Å². The molecule has 28 heavy (non-hydrogen) atoms. The molecule has 2 aromatic heterocycles. The Bertz CT molecular complexity index is 1140. The van der Waals surface area contributed by atoms with Crippen LogP contribution in [0.25, 0.3) is 22.4 Å². The molecule has 144 valence electrons. The van der Waals surface area contributed by atoms with Crippen molar-refractivity contribution in [3.63, 3.8) is 0 Å². The van der Waals surface area contributed by atoms with Crippen LogP contribution in [-0.2, 0) is 13.2 Å². The maximum Gasteiger partial charge on any atom is 0.416 e. The molecule has 0 bridgehead atoms. The van der Waals surface area contributed by atoms with E-state index in [2.05, 4.69) is 15.1 Å². The van der Waals surface area contributed by atoms with Crippen LogP contribution in [0, 0.1) is 0 Å². The van der Waals surface area contributed by atoms with Gasteiger partial charge in [-0.1, -0.05) is 41.2 Å². The van der Waals surface area contributed by atoms with Crippen LogP contribution >= 0.6 is 11.8 Å². The van der Waals surface area contributed by atoms with Crippen LogP contribution < -0.4 is 0 Å². The molecule has 2 heterocycles. The zero-order chi connectivity index (χ0) is 19.9. The summed E-state index contributed by atoms with van der Waals surface area (Å²) < 4.78 is 46.0. The Morgan fingerprint density at radius 1 is 1.07 bits per heavy atom. The lowest BCUT2D eigenvalue weighted by Gasteiger charge is -2.07. The van der Waals surface area contributed by atoms with Crippen molar-refractivity contribution < 1.29 is 17.7 Å². The Labute approximate surface area is 162 Å². The monoisotopic (exact) mass is 404 g/mol. The summed E-state index contributed by atoms with van der Waals surface area (Å²) in [4.78, 5) is 8.87. The van der Waals surface area contributed by atoms with Crippen molar-refractivity contribution >= 4 is 22.8 Å². The highest BCUT2D eigenvalue weighted by molar-refractivity contribution is 7.99. The van der Waals surface area contributed by atoms with Gasteiger partial charge in [0.15, 0.2) is 5.16 Å². The predicted octanol–water partition coefficient (Wildman–Crippen LogP) is 5.50. The van der Waals surface area contributed by atoms with Crippen molar-refractivity contribution in [3.8, 4) is 11.4 Å². The van der Waals surface area contributed by atoms with E-state index in [0.29, 0.717) is 5.89 Å². The molecule has 0 saturated carbocycles. The molecule has 1 unspecified atom stereocenters. The molecule has 0 aliphatic heterocycles. The first kappa shape index (κ1) is 18.5. The molecule has 1 atom stereocenters. The summed E-state index contributed by atoms with van der Waals surface area (Å²) in [6, 6.07) is 12.7. The molecule has 5 nitrogen and oxygen atoms in total. The Morgan fingerprint density at radius 3 is 2.61 bits per heavy atom. The summed E-state index contributed by atoms with van der Waals surface area (Å²) in [6.45, 7) is 1.88. The van der Waals surface area contributed by atoms with Gasteiger partial charge in [-0.2, -0.15) is 18.2 Å². The SMILES string of the molecule is CC(Sc1nc2ccccc2n1C)c1nc(-c2cccc(C(F)(F)F)c2)no1. The van der Waals surface area contributed by atoms with E-state index in [1.807, 2.05) is 42.8 Å². The topological polar surface area (TPSA) is 56.7 Å². The number of nitrogens with zero attached hydrogens (tertiary/aromatic N) is 4. The highest BCUT2D eigenvalue weighted by Crippen LogP contribution is 2.36. The number of hydrogen-bond acceptors (Lipinski definition) is 5. The number of hydrogen-bond donors (Lipinski definition) is 0. The Balaban J connectivity index is 1.58. The van der Waals surface area contributed by atoms with Crippen LogP contribution in [-0.4, -0.2) is 19.7 Å². The van der Waals surface area contributed by atoms with Gasteiger partial charge >= 0.3 is 6.18 Å². The fraction of sp³-hybridized carbons (Fsp3) is 0.211. The lowest BCUT2D eigenvalue weighted by atomic mass is 10.1. The second kappa shape index (κ2) is 6.97. The molecule has 4 aromatic rings. The average molecular weight is 404 g/mol. The summed E-state index contributed by atoms with van der Waals surface area (Å²) in [5.74, 6) is 0.447. The molecule has 0 spiro atoms. The summed E-state index contributed by atoms with van der Waals surface area (Å²) in [5, 5.41) is 4.41. The van der Waals surface area contributed by atoms with Gasteiger partial charge in [-0.3, -0.25) is 0 Å². The first-order valence-electron chi connectivity index (χ1n) is 8.42. The minimum Gasteiger partial charge on any atom is -0.338 e. The number of benzene rings is 2. The minimum atomic E-state index is -4.42. The zero-order valence-corrected chi connectivity index (χ0v) is 15.8. The van der Waals surface area contributed by atoms with Crippen molar-refractivity contribution in [1.29, 1.82) is 0 Å². The van der Waals surface area contributed by atoms with Gasteiger partial charge in [0.2, 0.25) is 11.7 Å². The van der Waals surface area contributed by atoms with Crippen molar-refractivity contribution in [2.75, 3.05) is 0 Å². The number of halogens is 3. The maximum atomic E-state index is 12.9. The lowest BCUT2D eigenvalue weighted by Crippen LogP contribution is -2.04. The molecular weight excluding hydrogens is 389 g/mol. The zero-order valence-electron chi connectivity index (χ0n) is 14.9. The van der Waals surface area contributed by atoms with Crippen LogP contribution in [0.1, 0.15) is 23.6 Å². The summed E-state index contributed by atoms with van der Waals surface area (Å²) in [6.07, 6.45) is -4.42. The first-order chi connectivity index (χ1) is 13.3. The van der Waals surface area contributed by atoms with Gasteiger partial charge < -0.3 is 9.09 Å². The largest absolute Gasteiger partial charge is 0.416 e. The fourth-order valence-electron chi connectivity index (χ4n) is 2.79. The van der Waals surface area contributed by atoms with Crippen molar-refractivity contribution in [2.45, 2.75) is 23.5 Å². The molecule has 0 fully saturated rings. The van der Waals surface area contributed by atoms with Gasteiger partial charge in [0, 0.05) is 12.6 Å². The number of thioether (sulfide) groups is 1. The number of para-hydroxylation sites is 2. The number of rotatable bonds is 4. The number of aromatic nitrogens is 4. The molecule has 0 radical (unpaired) electrons. The number of aryl methyl sites for hydroxylation is 1. The predicted molar refractivity (Wildman–Crippen MR) is 99.7 cm³/mol. The van der Waals surface area contributed by atoms with E-state index in [9.17, 15) is 13.2 Å². The minimum absolute atomic E-state index is 0.124. The molecule has 0 aliphatic rings. The van der Waals surface area contributed by atoms with Crippen molar-refractivity contribution in [3.05, 3.63) is 60.0 Å². The third kappa shape index (κ3) is 3.49. The maximum absolute atomic E-state index is 12.9. The standard InChI is InChI=1S/C19H15F3N4OS/c1-11(28-18-23-14-8-3-4-9-15(14)26(18)2)17-24-16(25-27-17)12-6-5-7-13(10-12)19(20,21)22/h3-11H,1-2H3. The first-order valence-corrected chi connectivity index (χ1v) is 9.30. The molecule has 9 heteroatoms. The van der Waals surface area contributed by atoms with E-state index < -0.39 is 11.7 Å². The van der Waals surface area contributed by atoms with E-state index in [-0.39, 0.29) is 16.6 Å². The van der Waals surface area contributed by atoms with Crippen molar-refractivity contribution in [1.82, 2.24) is 19.7 Å². The second-order valence-corrected chi connectivity index (χ2v) is 7.54. The second-order valence-electron chi connectivity index (χ2n) is 6.24. The van der Waals surface area contributed by atoms with Gasteiger partial charge in [0.1, 0.15) is 0 Å². The van der Waals surface area contributed by atoms with E-state index in [4.69, 9.17) is 4.52 Å². The van der Waals surface area contributed by atoms with Gasteiger partial charge in [0.05, 0.1) is 21.8 Å². The smallest absolute Gasteiger partial charge is 0.338 e. The number of fused-ring (bicyclic) bond motifs is 1. The Kier molecular flexibility index (Phi) is 4.62. The molecule has 4 rings (SSSR count). The summed E-state index contributed by atoms with van der Waals surface area (Å²) in [5.41, 5.74) is 1.39. The molecule has 2 aromatic carbocycles. The highest BCUT2D eigenvalue weighted by Gasteiger charge is 2.31. The third-order valence-electron chi connectivity index (χ3n) is 4.27. The quantitative estimate of drug-likeness (QED) is 0.421. The van der Waals surface area contributed by atoms with Crippen LogP contribution in [0.4, 0.5) is 13.2 Å². The van der Waals surface area contributed by atoms with Crippen LogP contribution in [0.3, 0.4) is 0 Å². The van der Waals surface area contributed by atoms with Crippen LogP contribution in [0.5, 0.6) is 0 Å². The third-order valence-corrected chi connectivity index (χ3v) is 5.40. The molecule has 0 amide bonds. The van der Waals surface area contributed by atoms with Gasteiger partial charge in [-0.05, 0) is 31.2 Å². The van der Waals surface area contributed by atoms with E-state index in [1.165, 1.54) is 23.9 Å². The normalized spacial score (nSPS) is 13.2. The van der Waals surface area contributed by atoms with Gasteiger partial charge in [-0.15, -0.1) is 0 Å². The Hall–Kier alpha value is -2.81. The van der Waals surface area contributed by atoms with Crippen molar-refractivity contribution in [2.24, 2.45) is 7.05 Å². The van der Waals surface area contributed by atoms with Crippen LogP contribution in [0.15, 0.2) is 58.2 Å². The summed E-state index contributed by atoms with van der Waals surface area (Å²) in [7, 11) is 1.92. The number of imidazole rings is 1. The van der Waals surface area contributed by atoms with E-state index in [0.717, 1.165) is 28.3 Å². The van der Waals surface area contributed by atoms with Gasteiger partial charge in [0.25, 0.3) is 0 Å². The fourth-order valence-corrected chi connectivity index (χ4v) is 3.71. The Morgan fingerprint density at radius 2 is 1.86 bits per heavy atom. The highest BCUT2D eigenvalue weighted by atomic mass is 32.2.